The molecule has 0 aromatic carbocycles. The quantitative estimate of drug-likeness (QED) is 0.856. The minimum Gasteiger partial charge on any atom is -0.384 e. The molecule has 3 rings (SSSR count). The standard InChI is InChI=1S/C18H23FN6O/c1-12-10-24(11-13-3-4-22-16(20)7-13)5-6-25(12)14-8-15(19)17(23-9-14)18(26)21-2/h3-4,7-9,12H,5-6,10-11H2,1-2H3,(H2,20,22)(H,21,26). The van der Waals surface area contributed by atoms with Gasteiger partial charge in [0.15, 0.2) is 11.5 Å². The number of carbonyl (C=O) groups excluding carboxylic acids is 1. The Morgan fingerprint density at radius 3 is 2.85 bits per heavy atom. The molecule has 0 radical (unpaired) electrons. The number of aromatic nitrogens is 2. The normalized spacial score (nSPS) is 18.0. The summed E-state index contributed by atoms with van der Waals surface area (Å²) in [5, 5.41) is 2.39. The molecule has 0 aliphatic carbocycles. The zero-order valence-electron chi connectivity index (χ0n) is 14.9. The fourth-order valence-electron chi connectivity index (χ4n) is 3.28. The first-order valence-corrected chi connectivity index (χ1v) is 8.55. The van der Waals surface area contributed by atoms with E-state index in [1.165, 1.54) is 13.1 Å². The van der Waals surface area contributed by atoms with Crippen molar-refractivity contribution in [2.75, 3.05) is 37.3 Å². The number of nitrogens with zero attached hydrogens (tertiary/aromatic N) is 4. The van der Waals surface area contributed by atoms with Gasteiger partial charge in [0, 0.05) is 51.5 Å². The molecule has 1 aliphatic heterocycles. The van der Waals surface area contributed by atoms with Crippen LogP contribution in [0.5, 0.6) is 0 Å². The molecule has 8 heteroatoms. The van der Waals surface area contributed by atoms with Crippen LogP contribution < -0.4 is 16.0 Å². The molecule has 2 aromatic heterocycles. The maximum absolute atomic E-state index is 14.2. The second-order valence-electron chi connectivity index (χ2n) is 6.47. The summed E-state index contributed by atoms with van der Waals surface area (Å²) in [5.74, 6) is -0.612. The number of piperazine rings is 1. The number of nitrogens with two attached hydrogens (primary N) is 1. The number of nitrogens with one attached hydrogen (secondary N) is 1. The average Bonchev–Trinajstić information content (AvgIpc) is 2.61. The Hall–Kier alpha value is -2.74. The van der Waals surface area contributed by atoms with Crippen molar-refractivity contribution in [1.29, 1.82) is 0 Å². The van der Waals surface area contributed by atoms with E-state index in [2.05, 4.69) is 32.0 Å². The van der Waals surface area contributed by atoms with Crippen LogP contribution >= 0.6 is 0 Å². The number of halogens is 1. The van der Waals surface area contributed by atoms with Crippen LogP contribution in [0.15, 0.2) is 30.6 Å². The van der Waals surface area contributed by atoms with E-state index in [1.54, 1.807) is 12.4 Å². The molecule has 1 aliphatic rings. The largest absolute Gasteiger partial charge is 0.384 e. The molecule has 0 bridgehead atoms. The van der Waals surface area contributed by atoms with Gasteiger partial charge in [-0.1, -0.05) is 0 Å². The summed E-state index contributed by atoms with van der Waals surface area (Å²) in [6, 6.07) is 5.42. The number of anilines is 2. The topological polar surface area (TPSA) is 87.4 Å². The maximum atomic E-state index is 14.2. The van der Waals surface area contributed by atoms with E-state index in [9.17, 15) is 9.18 Å². The Morgan fingerprint density at radius 2 is 2.19 bits per heavy atom. The third kappa shape index (κ3) is 3.91. The first kappa shape index (κ1) is 18.1. The Balaban J connectivity index is 1.67. The van der Waals surface area contributed by atoms with Crippen molar-refractivity contribution < 1.29 is 9.18 Å². The molecule has 7 nitrogen and oxygen atoms in total. The molecule has 26 heavy (non-hydrogen) atoms. The minimum absolute atomic E-state index is 0.183. The number of rotatable bonds is 4. The van der Waals surface area contributed by atoms with Crippen molar-refractivity contribution >= 4 is 17.4 Å². The average molecular weight is 358 g/mol. The van der Waals surface area contributed by atoms with Crippen LogP contribution in [0.3, 0.4) is 0 Å². The lowest BCUT2D eigenvalue weighted by Gasteiger charge is -2.41. The Kier molecular flexibility index (Phi) is 5.32. The van der Waals surface area contributed by atoms with Gasteiger partial charge >= 0.3 is 0 Å². The zero-order chi connectivity index (χ0) is 18.7. The lowest BCUT2D eigenvalue weighted by atomic mass is 10.1. The molecule has 1 amide bonds. The van der Waals surface area contributed by atoms with Crippen LogP contribution in [-0.4, -0.2) is 53.5 Å². The molecule has 138 valence electrons. The van der Waals surface area contributed by atoms with E-state index in [4.69, 9.17) is 5.73 Å². The molecular formula is C18H23FN6O. The summed E-state index contributed by atoms with van der Waals surface area (Å²) < 4.78 is 14.2. The Morgan fingerprint density at radius 1 is 1.38 bits per heavy atom. The maximum Gasteiger partial charge on any atom is 0.272 e. The lowest BCUT2D eigenvalue weighted by molar-refractivity contribution is 0.0953. The van der Waals surface area contributed by atoms with Crippen LogP contribution in [0.1, 0.15) is 23.0 Å². The van der Waals surface area contributed by atoms with Crippen LogP contribution in [-0.2, 0) is 6.54 Å². The predicted octanol–water partition coefficient (Wildman–Crippen LogP) is 1.27. The van der Waals surface area contributed by atoms with E-state index in [0.29, 0.717) is 11.5 Å². The smallest absolute Gasteiger partial charge is 0.272 e. The second-order valence-corrected chi connectivity index (χ2v) is 6.47. The highest BCUT2D eigenvalue weighted by Gasteiger charge is 2.25. The van der Waals surface area contributed by atoms with Crippen LogP contribution in [0.4, 0.5) is 15.9 Å². The van der Waals surface area contributed by atoms with Crippen molar-refractivity contribution in [1.82, 2.24) is 20.2 Å². The number of hydrogen-bond donors (Lipinski definition) is 2. The highest BCUT2D eigenvalue weighted by atomic mass is 19.1. The van der Waals surface area contributed by atoms with Gasteiger partial charge in [-0.05, 0) is 24.6 Å². The lowest BCUT2D eigenvalue weighted by Crippen LogP contribution is -2.51. The van der Waals surface area contributed by atoms with Crippen LogP contribution in [0, 0.1) is 5.82 Å². The summed E-state index contributed by atoms with van der Waals surface area (Å²) in [6.07, 6.45) is 3.27. The summed E-state index contributed by atoms with van der Waals surface area (Å²) in [6.45, 7) is 5.32. The van der Waals surface area contributed by atoms with Gasteiger partial charge < -0.3 is 16.0 Å². The second kappa shape index (κ2) is 7.65. The highest BCUT2D eigenvalue weighted by Crippen LogP contribution is 2.22. The number of pyridine rings is 2. The van der Waals surface area contributed by atoms with Gasteiger partial charge in [-0.3, -0.25) is 9.69 Å². The molecule has 0 spiro atoms. The van der Waals surface area contributed by atoms with Crippen molar-refractivity contribution in [2.24, 2.45) is 0 Å². The summed E-state index contributed by atoms with van der Waals surface area (Å²) >= 11 is 0. The van der Waals surface area contributed by atoms with Gasteiger partial charge in [-0.15, -0.1) is 0 Å². The van der Waals surface area contributed by atoms with Gasteiger partial charge in [-0.25, -0.2) is 14.4 Å². The monoisotopic (exact) mass is 358 g/mol. The van der Waals surface area contributed by atoms with Crippen molar-refractivity contribution in [2.45, 2.75) is 19.5 Å². The predicted molar refractivity (Wildman–Crippen MR) is 98.3 cm³/mol. The fourth-order valence-corrected chi connectivity index (χ4v) is 3.28. The van der Waals surface area contributed by atoms with Gasteiger partial charge in [-0.2, -0.15) is 0 Å². The summed E-state index contributed by atoms with van der Waals surface area (Å²) in [4.78, 5) is 24.0. The van der Waals surface area contributed by atoms with Crippen LogP contribution in [0.25, 0.3) is 0 Å². The molecule has 3 heterocycles. The Labute approximate surface area is 152 Å². The molecule has 3 N–H and O–H groups in total. The highest BCUT2D eigenvalue weighted by molar-refractivity contribution is 5.92. The van der Waals surface area contributed by atoms with Gasteiger partial charge in [0.2, 0.25) is 0 Å². The van der Waals surface area contributed by atoms with Crippen LogP contribution in [0.2, 0.25) is 0 Å². The molecule has 1 atom stereocenters. The summed E-state index contributed by atoms with van der Waals surface area (Å²) in [5.41, 5.74) is 7.37. The third-order valence-electron chi connectivity index (χ3n) is 4.56. The molecule has 1 unspecified atom stereocenters. The van der Waals surface area contributed by atoms with Crippen molar-refractivity contribution in [3.05, 3.63) is 47.7 Å². The SMILES string of the molecule is CNC(=O)c1ncc(N2CCN(Cc3ccnc(N)c3)CC2C)cc1F. The number of hydrogen-bond acceptors (Lipinski definition) is 6. The molecule has 0 saturated carbocycles. The first-order chi connectivity index (χ1) is 12.5. The summed E-state index contributed by atoms with van der Waals surface area (Å²) in [7, 11) is 1.45. The number of carbonyl (C=O) groups is 1. The zero-order valence-corrected chi connectivity index (χ0v) is 14.9. The third-order valence-corrected chi connectivity index (χ3v) is 4.56. The van der Waals surface area contributed by atoms with E-state index in [-0.39, 0.29) is 11.7 Å². The molecule has 2 aromatic rings. The van der Waals surface area contributed by atoms with E-state index in [0.717, 1.165) is 31.7 Å². The molecular weight excluding hydrogens is 335 g/mol. The van der Waals surface area contributed by atoms with Gasteiger partial charge in [0.1, 0.15) is 5.82 Å². The van der Waals surface area contributed by atoms with Crippen molar-refractivity contribution in [3.8, 4) is 0 Å². The van der Waals surface area contributed by atoms with E-state index >= 15 is 0 Å². The first-order valence-electron chi connectivity index (χ1n) is 8.55. The number of amides is 1. The van der Waals surface area contributed by atoms with E-state index in [1.807, 2.05) is 12.1 Å². The van der Waals surface area contributed by atoms with E-state index < -0.39 is 11.7 Å². The molecule has 1 saturated heterocycles. The van der Waals surface area contributed by atoms with Crippen molar-refractivity contribution in [3.63, 3.8) is 0 Å². The minimum atomic E-state index is -0.608. The van der Waals surface area contributed by atoms with Gasteiger partial charge in [0.05, 0.1) is 11.9 Å². The number of nitrogen functional groups attached to an aromatic ring is 1. The van der Waals surface area contributed by atoms with Gasteiger partial charge in [0.25, 0.3) is 5.91 Å². The molecule has 1 fully saturated rings. The Bertz CT molecular complexity index is 799. The fraction of sp³-hybridized carbons (Fsp3) is 0.389.